The molecular weight excluding hydrogens is 406 g/mol. The van der Waals surface area contributed by atoms with Crippen molar-refractivity contribution in [2.75, 3.05) is 39.8 Å². The summed E-state index contributed by atoms with van der Waals surface area (Å²) in [4.78, 5) is 28.9. The Balaban J connectivity index is 1.44. The maximum absolute atomic E-state index is 13.0. The van der Waals surface area contributed by atoms with E-state index in [0.29, 0.717) is 29.1 Å². The van der Waals surface area contributed by atoms with Crippen LogP contribution in [0.3, 0.4) is 0 Å². The molecule has 0 unspecified atom stereocenters. The van der Waals surface area contributed by atoms with Crippen molar-refractivity contribution in [1.29, 1.82) is 0 Å². The lowest BCUT2D eigenvalue weighted by atomic mass is 9.78. The molecular formula is C25H39N3O4. The number of amides is 2. The lowest BCUT2D eigenvalue weighted by Crippen LogP contribution is -2.45. The van der Waals surface area contributed by atoms with Gasteiger partial charge in [-0.2, -0.15) is 0 Å². The van der Waals surface area contributed by atoms with Gasteiger partial charge in [-0.05, 0) is 87.6 Å². The van der Waals surface area contributed by atoms with Gasteiger partial charge in [-0.3, -0.25) is 19.7 Å². The van der Waals surface area contributed by atoms with Gasteiger partial charge in [-0.15, -0.1) is 0 Å². The molecule has 0 aromatic heterocycles. The minimum Gasteiger partial charge on any atom is -0.507 e. The van der Waals surface area contributed by atoms with Crippen LogP contribution in [0.15, 0.2) is 12.1 Å². The summed E-state index contributed by atoms with van der Waals surface area (Å²) in [5.41, 5.74) is 2.82. The number of rotatable bonds is 6. The van der Waals surface area contributed by atoms with Gasteiger partial charge in [-0.25, -0.2) is 5.06 Å². The second-order valence-corrected chi connectivity index (χ2v) is 9.88. The summed E-state index contributed by atoms with van der Waals surface area (Å²) in [6.45, 7) is 9.53. The fraction of sp³-hybridized carbons (Fsp3) is 0.680. The minimum absolute atomic E-state index is 0.0691. The number of hydroxylamine groups is 2. The third-order valence-corrected chi connectivity index (χ3v) is 7.38. The van der Waals surface area contributed by atoms with Gasteiger partial charge in [0.05, 0.1) is 6.54 Å². The van der Waals surface area contributed by atoms with E-state index in [1.165, 1.54) is 7.05 Å². The first-order valence-corrected chi connectivity index (χ1v) is 11.9. The topological polar surface area (TPSA) is 84.3 Å². The number of hydrogen-bond acceptors (Lipinski definition) is 5. The van der Waals surface area contributed by atoms with E-state index in [4.69, 9.17) is 0 Å². The predicted octanol–water partition coefficient (Wildman–Crippen LogP) is 2.99. The number of likely N-dealkylation sites (N-methyl/N-ethyl adjacent to an activating group) is 1. The number of carbonyl (C=O) groups excluding carboxylic acids is 2. The van der Waals surface area contributed by atoms with E-state index in [0.717, 1.165) is 68.6 Å². The fourth-order valence-corrected chi connectivity index (χ4v) is 5.38. The van der Waals surface area contributed by atoms with Gasteiger partial charge in [0.25, 0.3) is 5.91 Å². The number of benzene rings is 1. The summed E-state index contributed by atoms with van der Waals surface area (Å²) in [5, 5.41) is 19.9. The molecule has 0 aliphatic carbocycles. The van der Waals surface area contributed by atoms with Crippen molar-refractivity contribution < 1.29 is 19.9 Å². The third kappa shape index (κ3) is 6.01. The molecule has 2 amide bonds. The summed E-state index contributed by atoms with van der Waals surface area (Å²) in [6, 6.07) is 3.97. The molecule has 0 spiro atoms. The second-order valence-electron chi connectivity index (χ2n) is 9.88. The Morgan fingerprint density at radius 3 is 2.03 bits per heavy atom. The zero-order chi connectivity index (χ0) is 23.4. The predicted molar refractivity (Wildman–Crippen MR) is 123 cm³/mol. The Morgan fingerprint density at radius 2 is 1.53 bits per heavy atom. The van der Waals surface area contributed by atoms with Crippen molar-refractivity contribution in [2.24, 2.45) is 17.8 Å². The van der Waals surface area contributed by atoms with Crippen LogP contribution >= 0.6 is 0 Å². The number of aromatic hydroxyl groups is 1. The molecule has 2 N–H and O–H groups in total. The highest BCUT2D eigenvalue weighted by Crippen LogP contribution is 2.33. The molecule has 2 saturated heterocycles. The Morgan fingerprint density at radius 1 is 1.03 bits per heavy atom. The molecule has 0 radical (unpaired) electrons. The number of aryl methyl sites for hydroxylation is 2. The SMILES string of the molecule is Cc1cc(C[C@@H](C)C(=O)N2CCC(C3CCN(CC(=O)N(C)O)CC3)CC2)cc(C)c1O. The van der Waals surface area contributed by atoms with Crippen LogP contribution in [-0.2, 0) is 16.0 Å². The standard InChI is InChI=1S/C25H39N3O4/c1-17-13-20(14-18(2)24(17)30)15-19(3)25(31)28-11-7-22(8-12-28)21-5-9-27(10-6-21)16-23(29)26(4)32/h13-14,19,21-22,30,32H,5-12,15-16H2,1-4H3/t19-/m1/s1. The zero-order valence-electron chi connectivity index (χ0n) is 20.0. The van der Waals surface area contributed by atoms with E-state index in [-0.39, 0.29) is 24.3 Å². The maximum atomic E-state index is 13.0. The minimum atomic E-state index is -0.262. The van der Waals surface area contributed by atoms with Crippen molar-refractivity contribution in [1.82, 2.24) is 14.9 Å². The van der Waals surface area contributed by atoms with Crippen LogP contribution in [0.4, 0.5) is 0 Å². The van der Waals surface area contributed by atoms with Gasteiger partial charge in [-0.1, -0.05) is 19.1 Å². The molecule has 32 heavy (non-hydrogen) atoms. The van der Waals surface area contributed by atoms with Gasteiger partial charge < -0.3 is 10.0 Å². The number of piperidine rings is 2. The fourth-order valence-electron chi connectivity index (χ4n) is 5.38. The summed E-state index contributed by atoms with van der Waals surface area (Å²) in [5.74, 6) is 1.55. The van der Waals surface area contributed by atoms with Crippen LogP contribution in [-0.4, -0.2) is 76.8 Å². The van der Waals surface area contributed by atoms with Crippen LogP contribution in [0.2, 0.25) is 0 Å². The van der Waals surface area contributed by atoms with E-state index < -0.39 is 0 Å². The molecule has 1 atom stereocenters. The van der Waals surface area contributed by atoms with E-state index in [2.05, 4.69) is 4.90 Å². The average Bonchev–Trinajstić information content (AvgIpc) is 2.77. The number of phenolic OH excluding ortho intramolecular Hbond substituents is 1. The molecule has 7 heteroatoms. The normalized spacial score (nSPS) is 19.7. The van der Waals surface area contributed by atoms with E-state index in [1.54, 1.807) is 0 Å². The van der Waals surface area contributed by atoms with Crippen LogP contribution in [0.1, 0.15) is 49.3 Å². The Kier molecular flexibility index (Phi) is 8.17. The molecule has 7 nitrogen and oxygen atoms in total. The number of likely N-dealkylation sites (tertiary alicyclic amines) is 2. The average molecular weight is 446 g/mol. The molecule has 178 valence electrons. The molecule has 0 bridgehead atoms. The van der Waals surface area contributed by atoms with Gasteiger partial charge >= 0.3 is 0 Å². The lowest BCUT2D eigenvalue weighted by molar-refractivity contribution is -0.160. The number of nitrogens with zero attached hydrogens (tertiary/aromatic N) is 3. The zero-order valence-corrected chi connectivity index (χ0v) is 20.0. The maximum Gasteiger partial charge on any atom is 0.259 e. The summed E-state index contributed by atoms with van der Waals surface area (Å²) in [7, 11) is 1.37. The first-order chi connectivity index (χ1) is 15.2. The quantitative estimate of drug-likeness (QED) is 0.520. The van der Waals surface area contributed by atoms with E-state index in [1.807, 2.05) is 37.8 Å². The van der Waals surface area contributed by atoms with Gasteiger partial charge in [0.15, 0.2) is 0 Å². The first kappa shape index (κ1) is 24.5. The summed E-state index contributed by atoms with van der Waals surface area (Å²) in [6.07, 6.45) is 4.96. The van der Waals surface area contributed by atoms with Crippen molar-refractivity contribution in [3.63, 3.8) is 0 Å². The van der Waals surface area contributed by atoms with Gasteiger partial charge in [0, 0.05) is 26.1 Å². The second kappa shape index (κ2) is 10.7. The van der Waals surface area contributed by atoms with Crippen LogP contribution in [0.25, 0.3) is 0 Å². The van der Waals surface area contributed by atoms with E-state index in [9.17, 15) is 19.9 Å². The monoisotopic (exact) mass is 445 g/mol. The molecule has 2 aliphatic heterocycles. The molecule has 1 aromatic rings. The van der Waals surface area contributed by atoms with Gasteiger partial charge in [0.2, 0.25) is 5.91 Å². The van der Waals surface area contributed by atoms with Crippen LogP contribution in [0, 0.1) is 31.6 Å². The number of phenols is 1. The van der Waals surface area contributed by atoms with Crippen molar-refractivity contribution in [2.45, 2.75) is 52.9 Å². The van der Waals surface area contributed by atoms with Gasteiger partial charge in [0.1, 0.15) is 5.75 Å². The molecule has 1 aromatic carbocycles. The Labute approximate surface area is 191 Å². The number of carbonyl (C=O) groups is 2. The smallest absolute Gasteiger partial charge is 0.259 e. The highest BCUT2D eigenvalue weighted by molar-refractivity contribution is 5.79. The van der Waals surface area contributed by atoms with Crippen molar-refractivity contribution in [3.05, 3.63) is 28.8 Å². The molecule has 2 fully saturated rings. The lowest BCUT2D eigenvalue weighted by Gasteiger charge is -2.40. The summed E-state index contributed by atoms with van der Waals surface area (Å²) < 4.78 is 0. The molecule has 2 aliphatic rings. The van der Waals surface area contributed by atoms with E-state index >= 15 is 0 Å². The highest BCUT2D eigenvalue weighted by atomic mass is 16.5. The highest BCUT2D eigenvalue weighted by Gasteiger charge is 2.32. The molecule has 0 saturated carbocycles. The van der Waals surface area contributed by atoms with Crippen LogP contribution in [0.5, 0.6) is 5.75 Å². The molecule has 3 rings (SSSR count). The molecule has 2 heterocycles. The Hall–Kier alpha value is -2.12. The third-order valence-electron chi connectivity index (χ3n) is 7.38. The first-order valence-electron chi connectivity index (χ1n) is 11.9. The van der Waals surface area contributed by atoms with Crippen molar-refractivity contribution >= 4 is 11.8 Å². The largest absolute Gasteiger partial charge is 0.507 e. The van der Waals surface area contributed by atoms with Crippen molar-refractivity contribution in [3.8, 4) is 5.75 Å². The summed E-state index contributed by atoms with van der Waals surface area (Å²) >= 11 is 0. The Bertz CT molecular complexity index is 786. The van der Waals surface area contributed by atoms with Crippen LogP contribution < -0.4 is 0 Å². The number of hydrogen-bond donors (Lipinski definition) is 2.